The standard InChI is InChI=1S/C12H18N2O3S/c1-9-7-18-11(17)14(9)6-2-3-10(16)13-12(8-15)4-5-12/h7,15H,2-6,8H2,1H3,(H,13,16). The highest BCUT2D eigenvalue weighted by molar-refractivity contribution is 7.07. The molecule has 1 saturated carbocycles. The van der Waals surface area contributed by atoms with Crippen LogP contribution in [0.2, 0.25) is 0 Å². The Hall–Kier alpha value is -1.14. The van der Waals surface area contributed by atoms with Gasteiger partial charge in [-0.05, 0) is 26.2 Å². The Balaban J connectivity index is 1.76. The van der Waals surface area contributed by atoms with Crippen molar-refractivity contribution in [2.24, 2.45) is 0 Å². The number of aliphatic hydroxyl groups excluding tert-OH is 1. The van der Waals surface area contributed by atoms with Crippen LogP contribution in [0.1, 0.15) is 31.4 Å². The van der Waals surface area contributed by atoms with E-state index in [-0.39, 0.29) is 22.9 Å². The number of aliphatic hydroxyl groups is 1. The van der Waals surface area contributed by atoms with E-state index >= 15 is 0 Å². The SMILES string of the molecule is Cc1csc(=O)n1CCCC(=O)NC1(CO)CC1. The summed E-state index contributed by atoms with van der Waals surface area (Å²) in [7, 11) is 0. The molecule has 6 heteroatoms. The van der Waals surface area contributed by atoms with Crippen LogP contribution in [0, 0.1) is 6.92 Å². The second kappa shape index (κ2) is 5.24. The van der Waals surface area contributed by atoms with E-state index in [1.165, 1.54) is 11.3 Å². The van der Waals surface area contributed by atoms with Gasteiger partial charge in [0.1, 0.15) is 0 Å². The zero-order chi connectivity index (χ0) is 13.2. The molecule has 1 aromatic rings. The molecule has 0 aliphatic heterocycles. The summed E-state index contributed by atoms with van der Waals surface area (Å²) in [5, 5.41) is 13.8. The van der Waals surface area contributed by atoms with Crippen molar-refractivity contribution in [2.45, 2.75) is 44.7 Å². The van der Waals surface area contributed by atoms with Gasteiger partial charge in [0.2, 0.25) is 5.91 Å². The van der Waals surface area contributed by atoms with Gasteiger partial charge in [-0.25, -0.2) is 0 Å². The number of aryl methyl sites for hydroxylation is 1. The summed E-state index contributed by atoms with van der Waals surface area (Å²) < 4.78 is 1.69. The molecule has 0 spiro atoms. The molecule has 1 fully saturated rings. The number of carbonyl (C=O) groups excluding carboxylic acids is 1. The van der Waals surface area contributed by atoms with E-state index < -0.39 is 0 Å². The minimum absolute atomic E-state index is 0.0157. The first-order valence-corrected chi connectivity index (χ1v) is 7.01. The Labute approximate surface area is 109 Å². The van der Waals surface area contributed by atoms with E-state index in [9.17, 15) is 9.59 Å². The van der Waals surface area contributed by atoms with Crippen molar-refractivity contribution in [2.75, 3.05) is 6.61 Å². The minimum Gasteiger partial charge on any atom is -0.394 e. The minimum atomic E-state index is -0.341. The molecule has 0 unspecified atom stereocenters. The van der Waals surface area contributed by atoms with Crippen LogP contribution in [0.4, 0.5) is 0 Å². The molecule has 1 amide bonds. The van der Waals surface area contributed by atoms with Crippen LogP contribution in [-0.2, 0) is 11.3 Å². The van der Waals surface area contributed by atoms with Crippen molar-refractivity contribution >= 4 is 17.2 Å². The number of nitrogens with one attached hydrogen (secondary N) is 1. The van der Waals surface area contributed by atoms with Gasteiger partial charge in [-0.15, -0.1) is 0 Å². The van der Waals surface area contributed by atoms with Crippen LogP contribution < -0.4 is 10.2 Å². The van der Waals surface area contributed by atoms with Crippen molar-refractivity contribution in [1.29, 1.82) is 0 Å². The van der Waals surface area contributed by atoms with Crippen LogP contribution in [0.5, 0.6) is 0 Å². The summed E-state index contributed by atoms with van der Waals surface area (Å²) in [6.07, 6.45) is 2.75. The van der Waals surface area contributed by atoms with Crippen LogP contribution in [-0.4, -0.2) is 27.7 Å². The number of amides is 1. The molecule has 2 rings (SSSR count). The summed E-state index contributed by atoms with van der Waals surface area (Å²) in [4.78, 5) is 23.1. The molecule has 1 aliphatic rings. The van der Waals surface area contributed by atoms with Crippen molar-refractivity contribution < 1.29 is 9.90 Å². The van der Waals surface area contributed by atoms with Crippen molar-refractivity contribution in [1.82, 2.24) is 9.88 Å². The zero-order valence-corrected chi connectivity index (χ0v) is 11.3. The molecule has 18 heavy (non-hydrogen) atoms. The summed E-state index contributed by atoms with van der Waals surface area (Å²) in [6, 6.07) is 0. The predicted molar refractivity (Wildman–Crippen MR) is 69.7 cm³/mol. The molecule has 0 aromatic carbocycles. The number of carbonyl (C=O) groups is 1. The molecule has 1 aliphatic carbocycles. The Morgan fingerprint density at radius 1 is 1.61 bits per heavy atom. The fourth-order valence-corrected chi connectivity index (χ4v) is 2.67. The van der Waals surface area contributed by atoms with Gasteiger partial charge in [0.25, 0.3) is 0 Å². The number of nitrogens with zero attached hydrogens (tertiary/aromatic N) is 1. The summed E-state index contributed by atoms with van der Waals surface area (Å²) in [5.41, 5.74) is 0.603. The van der Waals surface area contributed by atoms with Crippen LogP contribution in [0.3, 0.4) is 0 Å². The highest BCUT2D eigenvalue weighted by atomic mass is 32.1. The Bertz CT molecular complexity index is 488. The normalized spacial score (nSPS) is 16.6. The molecule has 1 aromatic heterocycles. The average Bonchev–Trinajstić information content (AvgIpc) is 3.04. The molecule has 0 bridgehead atoms. The molecule has 5 nitrogen and oxygen atoms in total. The van der Waals surface area contributed by atoms with Gasteiger partial charge in [0.15, 0.2) is 0 Å². The van der Waals surface area contributed by atoms with E-state index in [2.05, 4.69) is 5.32 Å². The lowest BCUT2D eigenvalue weighted by molar-refractivity contribution is -0.122. The maximum atomic E-state index is 11.6. The van der Waals surface area contributed by atoms with Crippen molar-refractivity contribution in [3.63, 3.8) is 0 Å². The first-order chi connectivity index (χ1) is 8.56. The van der Waals surface area contributed by atoms with E-state index in [0.717, 1.165) is 18.5 Å². The van der Waals surface area contributed by atoms with Gasteiger partial charge in [-0.1, -0.05) is 11.3 Å². The van der Waals surface area contributed by atoms with Gasteiger partial charge in [0.05, 0.1) is 12.1 Å². The van der Waals surface area contributed by atoms with Gasteiger partial charge in [0, 0.05) is 24.0 Å². The average molecular weight is 270 g/mol. The molecule has 0 saturated heterocycles. The molecule has 100 valence electrons. The monoisotopic (exact) mass is 270 g/mol. The largest absolute Gasteiger partial charge is 0.394 e. The molecule has 0 atom stereocenters. The molecule has 1 heterocycles. The quantitative estimate of drug-likeness (QED) is 0.797. The highest BCUT2D eigenvalue weighted by Crippen LogP contribution is 2.34. The second-order valence-electron chi connectivity index (χ2n) is 4.88. The van der Waals surface area contributed by atoms with Gasteiger partial charge in [-0.3, -0.25) is 9.59 Å². The summed E-state index contributed by atoms with van der Waals surface area (Å²) in [6.45, 7) is 2.48. The smallest absolute Gasteiger partial charge is 0.307 e. The third kappa shape index (κ3) is 3.00. The number of hydrogen-bond donors (Lipinski definition) is 2. The lowest BCUT2D eigenvalue weighted by Gasteiger charge is -2.14. The highest BCUT2D eigenvalue weighted by Gasteiger charge is 2.43. The summed E-state index contributed by atoms with van der Waals surface area (Å²) in [5.74, 6) is -0.0394. The molecule has 0 radical (unpaired) electrons. The Morgan fingerprint density at radius 2 is 2.33 bits per heavy atom. The maximum Gasteiger partial charge on any atom is 0.307 e. The van der Waals surface area contributed by atoms with E-state index in [1.807, 2.05) is 12.3 Å². The van der Waals surface area contributed by atoms with Crippen LogP contribution in [0.25, 0.3) is 0 Å². The maximum absolute atomic E-state index is 11.6. The number of rotatable bonds is 6. The fourth-order valence-electron chi connectivity index (χ4n) is 1.90. The Morgan fingerprint density at radius 3 is 2.83 bits per heavy atom. The van der Waals surface area contributed by atoms with Gasteiger partial charge < -0.3 is 15.0 Å². The third-order valence-corrected chi connectivity index (χ3v) is 4.20. The number of aromatic nitrogens is 1. The number of thiazole rings is 1. The van der Waals surface area contributed by atoms with Crippen molar-refractivity contribution in [3.05, 3.63) is 20.7 Å². The lowest BCUT2D eigenvalue weighted by atomic mass is 10.2. The van der Waals surface area contributed by atoms with E-state index in [1.54, 1.807) is 4.57 Å². The topological polar surface area (TPSA) is 71.3 Å². The first kappa shape index (κ1) is 13.3. The van der Waals surface area contributed by atoms with Crippen LogP contribution >= 0.6 is 11.3 Å². The second-order valence-corrected chi connectivity index (χ2v) is 5.71. The van der Waals surface area contributed by atoms with E-state index in [4.69, 9.17) is 5.11 Å². The molecular formula is C12H18N2O3S. The van der Waals surface area contributed by atoms with Crippen molar-refractivity contribution in [3.8, 4) is 0 Å². The molecular weight excluding hydrogens is 252 g/mol. The zero-order valence-electron chi connectivity index (χ0n) is 10.4. The van der Waals surface area contributed by atoms with E-state index in [0.29, 0.717) is 19.4 Å². The fraction of sp³-hybridized carbons (Fsp3) is 0.667. The Kier molecular flexibility index (Phi) is 3.87. The molecule has 2 N–H and O–H groups in total. The van der Waals surface area contributed by atoms with Gasteiger partial charge in [-0.2, -0.15) is 0 Å². The lowest BCUT2D eigenvalue weighted by Crippen LogP contribution is -2.39. The number of hydrogen-bond acceptors (Lipinski definition) is 4. The summed E-state index contributed by atoms with van der Waals surface area (Å²) >= 11 is 1.19. The first-order valence-electron chi connectivity index (χ1n) is 6.13. The van der Waals surface area contributed by atoms with Crippen LogP contribution in [0.15, 0.2) is 10.2 Å². The van der Waals surface area contributed by atoms with Gasteiger partial charge >= 0.3 is 4.87 Å². The third-order valence-electron chi connectivity index (χ3n) is 3.32. The predicted octanol–water partition coefficient (Wildman–Crippen LogP) is 0.640.